The molecule has 278 valence electrons. The summed E-state index contributed by atoms with van der Waals surface area (Å²) in [6.45, 7) is 6.13. The van der Waals surface area contributed by atoms with Crippen LogP contribution in [0.3, 0.4) is 0 Å². The highest BCUT2D eigenvalue weighted by Gasteiger charge is 2.95. The van der Waals surface area contributed by atoms with E-state index in [1.807, 2.05) is 0 Å². The van der Waals surface area contributed by atoms with Crippen LogP contribution in [0.25, 0.3) is 38.7 Å². The molecule has 0 aromatic heterocycles. The number of benzene rings is 4. The predicted octanol–water partition coefficient (Wildman–Crippen LogP) is 12.6. The molecular formula is C33H21F17O. The van der Waals surface area contributed by atoms with Gasteiger partial charge in [-0.05, 0) is 53.6 Å². The van der Waals surface area contributed by atoms with E-state index >= 15 is 17.6 Å². The molecular weight excluding hydrogens is 735 g/mol. The SMILES string of the molecule is C=Cc1cc(C(F)(F)C(F)(F)C(F)(F)C(F)(F)C(F)(F)C(F)(F)C(F)(F)C(F)(F)F)cc(-c2c3ccccc3cc3ccccc23)c1OC(C)C. The van der Waals surface area contributed by atoms with Crippen LogP contribution >= 0.6 is 0 Å². The van der Waals surface area contributed by atoms with Gasteiger partial charge >= 0.3 is 47.6 Å². The van der Waals surface area contributed by atoms with Gasteiger partial charge in [0.1, 0.15) is 5.75 Å². The Kier molecular flexibility index (Phi) is 9.44. The minimum absolute atomic E-state index is 0.0472. The topological polar surface area (TPSA) is 9.23 Å². The van der Waals surface area contributed by atoms with Gasteiger partial charge in [-0.2, -0.15) is 74.6 Å². The van der Waals surface area contributed by atoms with Crippen molar-refractivity contribution in [2.24, 2.45) is 0 Å². The molecule has 18 heteroatoms. The third-order valence-corrected chi connectivity index (χ3v) is 7.82. The van der Waals surface area contributed by atoms with Gasteiger partial charge in [0, 0.05) is 22.3 Å². The van der Waals surface area contributed by atoms with Crippen molar-refractivity contribution in [2.45, 2.75) is 67.6 Å². The van der Waals surface area contributed by atoms with E-state index in [9.17, 15) is 57.1 Å². The first kappa shape index (κ1) is 39.5. The Labute approximate surface area is 276 Å². The molecule has 0 unspecified atom stereocenters. The monoisotopic (exact) mass is 756 g/mol. The molecule has 0 spiro atoms. The van der Waals surface area contributed by atoms with Crippen molar-refractivity contribution in [1.29, 1.82) is 0 Å². The van der Waals surface area contributed by atoms with E-state index in [0.29, 0.717) is 16.8 Å². The minimum atomic E-state index is -8.73. The summed E-state index contributed by atoms with van der Waals surface area (Å²) in [5.41, 5.74) is -3.74. The Morgan fingerprint density at radius 1 is 0.549 bits per heavy atom. The number of alkyl halides is 17. The van der Waals surface area contributed by atoms with E-state index in [4.69, 9.17) is 4.74 Å². The molecule has 0 saturated carbocycles. The van der Waals surface area contributed by atoms with E-state index in [0.717, 1.165) is 0 Å². The average Bonchev–Trinajstić information content (AvgIpc) is 3.02. The maximum atomic E-state index is 15.7. The van der Waals surface area contributed by atoms with Crippen molar-refractivity contribution in [3.8, 4) is 16.9 Å². The van der Waals surface area contributed by atoms with Gasteiger partial charge < -0.3 is 4.74 Å². The van der Waals surface area contributed by atoms with E-state index < -0.39 is 76.2 Å². The molecule has 0 amide bonds. The zero-order chi connectivity index (χ0) is 39.0. The summed E-state index contributed by atoms with van der Waals surface area (Å²) < 4.78 is 246. The Balaban J connectivity index is 2.04. The highest BCUT2D eigenvalue weighted by molar-refractivity contribution is 6.13. The number of rotatable bonds is 11. The lowest BCUT2D eigenvalue weighted by molar-refractivity contribution is -0.462. The number of hydrogen-bond donors (Lipinski definition) is 0. The standard InChI is InChI=1S/C33H21F17O/c1-4-17-14-20(15-23(25(17)51-16(2)3)24-21-11-7-5-9-18(21)13-19-10-6-8-12-22(19)24)26(34,35)27(36,37)28(38,39)29(40,41)30(42,43)31(44,45)32(46,47)33(48,49)50/h4-16H,1H2,2-3H3. The maximum absolute atomic E-state index is 15.7. The molecule has 0 aliphatic heterocycles. The van der Waals surface area contributed by atoms with Crippen LogP contribution in [-0.4, -0.2) is 47.8 Å². The lowest BCUT2D eigenvalue weighted by atomic mass is 9.84. The molecule has 0 bridgehead atoms. The molecule has 4 aromatic carbocycles. The van der Waals surface area contributed by atoms with Gasteiger partial charge in [-0.25, -0.2) is 0 Å². The average molecular weight is 756 g/mol. The Morgan fingerprint density at radius 3 is 1.37 bits per heavy atom. The van der Waals surface area contributed by atoms with Crippen LogP contribution in [0.1, 0.15) is 25.0 Å². The van der Waals surface area contributed by atoms with Gasteiger partial charge in [0.15, 0.2) is 0 Å². The molecule has 0 aliphatic rings. The lowest BCUT2D eigenvalue weighted by Gasteiger charge is -2.43. The van der Waals surface area contributed by atoms with Crippen molar-refractivity contribution in [1.82, 2.24) is 0 Å². The summed E-state index contributed by atoms with van der Waals surface area (Å²) in [5, 5.41) is 1.15. The molecule has 0 radical (unpaired) electrons. The summed E-state index contributed by atoms with van der Waals surface area (Å²) in [5.74, 6) is -57.8. The third-order valence-electron chi connectivity index (χ3n) is 7.82. The van der Waals surface area contributed by atoms with E-state index in [1.165, 1.54) is 50.2 Å². The number of halogens is 17. The van der Waals surface area contributed by atoms with Crippen LogP contribution < -0.4 is 4.74 Å². The second-order valence-corrected chi connectivity index (χ2v) is 11.5. The number of fused-ring (bicyclic) bond motifs is 2. The van der Waals surface area contributed by atoms with Crippen LogP contribution in [0.15, 0.2) is 73.3 Å². The second kappa shape index (κ2) is 12.2. The van der Waals surface area contributed by atoms with Crippen molar-refractivity contribution < 1.29 is 79.4 Å². The number of hydrogen-bond acceptors (Lipinski definition) is 1. The fraction of sp³-hybridized carbons (Fsp3) is 0.333. The van der Waals surface area contributed by atoms with Crippen molar-refractivity contribution in [3.63, 3.8) is 0 Å². The van der Waals surface area contributed by atoms with Gasteiger partial charge in [0.05, 0.1) is 6.10 Å². The molecule has 1 nitrogen and oxygen atoms in total. The maximum Gasteiger partial charge on any atom is 0.460 e. The first-order chi connectivity index (χ1) is 23.0. The molecule has 4 aromatic rings. The van der Waals surface area contributed by atoms with Crippen LogP contribution in [0, 0.1) is 0 Å². The molecule has 51 heavy (non-hydrogen) atoms. The van der Waals surface area contributed by atoms with E-state index in [1.54, 1.807) is 18.2 Å². The van der Waals surface area contributed by atoms with Crippen molar-refractivity contribution in [3.05, 3.63) is 84.4 Å². The molecule has 0 heterocycles. The second-order valence-electron chi connectivity index (χ2n) is 11.5. The molecule has 0 fully saturated rings. The minimum Gasteiger partial charge on any atom is -0.490 e. The van der Waals surface area contributed by atoms with E-state index in [2.05, 4.69) is 6.58 Å². The van der Waals surface area contributed by atoms with Gasteiger partial charge in [0.2, 0.25) is 0 Å². The molecule has 4 rings (SSSR count). The van der Waals surface area contributed by atoms with Gasteiger partial charge in [0.25, 0.3) is 0 Å². The summed E-state index contributed by atoms with van der Waals surface area (Å²) in [6.07, 6.45) is -7.99. The normalized spacial score (nSPS) is 14.4. The predicted molar refractivity (Wildman–Crippen MR) is 152 cm³/mol. The molecule has 0 N–H and O–H groups in total. The highest BCUT2D eigenvalue weighted by Crippen LogP contribution is 2.65. The van der Waals surface area contributed by atoms with Crippen molar-refractivity contribution in [2.75, 3.05) is 0 Å². The summed E-state index contributed by atoms with van der Waals surface area (Å²) in [4.78, 5) is 0. The molecule has 0 aliphatic carbocycles. The first-order valence-corrected chi connectivity index (χ1v) is 14.1. The number of ether oxygens (including phenoxy) is 1. The molecule has 0 saturated heterocycles. The van der Waals surface area contributed by atoms with Crippen molar-refractivity contribution >= 4 is 27.6 Å². The van der Waals surface area contributed by atoms with Gasteiger partial charge in [-0.3, -0.25) is 0 Å². The fourth-order valence-electron chi connectivity index (χ4n) is 5.19. The Hall–Kier alpha value is -4.25. The van der Waals surface area contributed by atoms with Crippen LogP contribution in [0.4, 0.5) is 74.6 Å². The Morgan fingerprint density at radius 2 is 0.961 bits per heavy atom. The van der Waals surface area contributed by atoms with Crippen LogP contribution in [0.2, 0.25) is 0 Å². The summed E-state index contributed by atoms with van der Waals surface area (Å²) in [6, 6.07) is 13.5. The van der Waals surface area contributed by atoms with Crippen LogP contribution in [-0.2, 0) is 5.92 Å². The van der Waals surface area contributed by atoms with Gasteiger partial charge in [-0.1, -0.05) is 61.2 Å². The summed E-state index contributed by atoms with van der Waals surface area (Å²) >= 11 is 0. The fourth-order valence-corrected chi connectivity index (χ4v) is 5.19. The largest absolute Gasteiger partial charge is 0.490 e. The lowest BCUT2D eigenvalue weighted by Crippen LogP contribution is -2.74. The molecule has 0 atom stereocenters. The Bertz CT molecular complexity index is 1900. The zero-order valence-corrected chi connectivity index (χ0v) is 25.5. The smallest absolute Gasteiger partial charge is 0.460 e. The quantitative estimate of drug-likeness (QED) is 0.109. The summed E-state index contributed by atoms with van der Waals surface area (Å²) in [7, 11) is 0. The van der Waals surface area contributed by atoms with Crippen LogP contribution in [0.5, 0.6) is 5.75 Å². The van der Waals surface area contributed by atoms with Gasteiger partial charge in [-0.15, -0.1) is 0 Å². The zero-order valence-electron chi connectivity index (χ0n) is 25.5. The highest BCUT2D eigenvalue weighted by atomic mass is 19.4. The van der Waals surface area contributed by atoms with E-state index in [-0.39, 0.29) is 28.5 Å². The third kappa shape index (κ3) is 5.63. The first-order valence-electron chi connectivity index (χ1n) is 14.1.